The molecule has 0 saturated carbocycles. The van der Waals surface area contributed by atoms with E-state index >= 15 is 0 Å². The van der Waals surface area contributed by atoms with Crippen LogP contribution in [0, 0.1) is 5.82 Å². The first-order chi connectivity index (χ1) is 9.44. The Morgan fingerprint density at radius 2 is 2.10 bits per heavy atom. The minimum absolute atomic E-state index is 0.127. The zero-order chi connectivity index (χ0) is 14.8. The van der Waals surface area contributed by atoms with Gasteiger partial charge >= 0.3 is 0 Å². The fraction of sp³-hybridized carbons (Fsp3) is 0.0833. The quantitative estimate of drug-likeness (QED) is 0.876. The summed E-state index contributed by atoms with van der Waals surface area (Å²) in [7, 11) is -4.04. The van der Waals surface area contributed by atoms with Crippen molar-refractivity contribution in [3.8, 4) is 0 Å². The van der Waals surface area contributed by atoms with Crippen molar-refractivity contribution in [3.63, 3.8) is 0 Å². The SMILES string of the molecule is NCc1ccc(F)c(S(=O)(=O)Nc2ccncc2Br)c1. The average molecular weight is 360 g/mol. The Morgan fingerprint density at radius 1 is 1.35 bits per heavy atom. The third-order valence-corrected chi connectivity index (χ3v) is 4.55. The molecule has 0 saturated heterocycles. The number of rotatable bonds is 4. The molecule has 0 fully saturated rings. The maximum Gasteiger partial charge on any atom is 0.264 e. The lowest BCUT2D eigenvalue weighted by molar-refractivity contribution is 0.569. The second-order valence-electron chi connectivity index (χ2n) is 3.93. The van der Waals surface area contributed by atoms with Crippen molar-refractivity contribution >= 4 is 31.6 Å². The van der Waals surface area contributed by atoms with Crippen LogP contribution in [-0.4, -0.2) is 13.4 Å². The predicted molar refractivity (Wildman–Crippen MR) is 77.0 cm³/mol. The van der Waals surface area contributed by atoms with Crippen molar-refractivity contribution < 1.29 is 12.8 Å². The van der Waals surface area contributed by atoms with Crippen LogP contribution in [0.4, 0.5) is 10.1 Å². The van der Waals surface area contributed by atoms with Gasteiger partial charge in [-0.25, -0.2) is 12.8 Å². The van der Waals surface area contributed by atoms with E-state index in [0.717, 1.165) is 6.07 Å². The van der Waals surface area contributed by atoms with Gasteiger partial charge in [0, 0.05) is 18.9 Å². The van der Waals surface area contributed by atoms with Gasteiger partial charge in [0.15, 0.2) is 0 Å². The molecular weight excluding hydrogens is 349 g/mol. The Balaban J connectivity index is 2.43. The van der Waals surface area contributed by atoms with Gasteiger partial charge < -0.3 is 5.73 Å². The van der Waals surface area contributed by atoms with E-state index in [4.69, 9.17) is 5.73 Å². The molecule has 0 amide bonds. The molecule has 0 aliphatic carbocycles. The van der Waals surface area contributed by atoms with E-state index in [-0.39, 0.29) is 12.2 Å². The predicted octanol–water partition coefficient (Wildman–Crippen LogP) is 2.24. The normalized spacial score (nSPS) is 11.3. The largest absolute Gasteiger partial charge is 0.326 e. The van der Waals surface area contributed by atoms with Crippen molar-refractivity contribution in [1.82, 2.24) is 4.98 Å². The van der Waals surface area contributed by atoms with Gasteiger partial charge in [0.2, 0.25) is 0 Å². The summed E-state index contributed by atoms with van der Waals surface area (Å²) in [5.74, 6) is -0.833. The van der Waals surface area contributed by atoms with E-state index in [2.05, 4.69) is 25.6 Å². The zero-order valence-electron chi connectivity index (χ0n) is 10.2. The van der Waals surface area contributed by atoms with Crippen molar-refractivity contribution in [2.45, 2.75) is 11.4 Å². The van der Waals surface area contributed by atoms with Crippen LogP contribution in [0.2, 0.25) is 0 Å². The van der Waals surface area contributed by atoms with Gasteiger partial charge in [-0.2, -0.15) is 0 Å². The fourth-order valence-corrected chi connectivity index (χ4v) is 3.23. The van der Waals surface area contributed by atoms with Crippen LogP contribution in [0.15, 0.2) is 46.0 Å². The third kappa shape index (κ3) is 3.14. The minimum Gasteiger partial charge on any atom is -0.326 e. The standard InChI is InChI=1S/C12H11BrFN3O2S/c13-9-7-16-4-3-11(9)17-20(18,19)12-5-8(6-15)1-2-10(12)14/h1-5,7H,6,15H2,(H,16,17). The third-order valence-electron chi connectivity index (χ3n) is 2.54. The molecule has 0 bridgehead atoms. The highest BCUT2D eigenvalue weighted by Gasteiger charge is 2.20. The summed E-state index contributed by atoms with van der Waals surface area (Å²) in [6.45, 7) is 0.127. The lowest BCUT2D eigenvalue weighted by atomic mass is 10.2. The molecule has 1 aromatic carbocycles. The molecule has 1 aromatic heterocycles. The zero-order valence-corrected chi connectivity index (χ0v) is 12.6. The van der Waals surface area contributed by atoms with E-state index in [0.29, 0.717) is 10.0 Å². The van der Waals surface area contributed by atoms with Gasteiger partial charge in [0.1, 0.15) is 10.7 Å². The molecule has 2 aromatic rings. The summed E-state index contributed by atoms with van der Waals surface area (Å²) in [5, 5.41) is 0. The Hall–Kier alpha value is -1.51. The Labute approximate surface area is 124 Å². The summed E-state index contributed by atoms with van der Waals surface area (Å²) in [6, 6.07) is 5.20. The van der Waals surface area contributed by atoms with Crippen LogP contribution in [0.25, 0.3) is 0 Å². The number of hydrogen-bond acceptors (Lipinski definition) is 4. The number of halogens is 2. The fourth-order valence-electron chi connectivity index (χ4n) is 1.54. The van der Waals surface area contributed by atoms with E-state index in [1.54, 1.807) is 0 Å². The summed E-state index contributed by atoms with van der Waals surface area (Å²) < 4.78 is 40.9. The van der Waals surface area contributed by atoms with Crippen molar-refractivity contribution in [2.24, 2.45) is 5.73 Å². The first-order valence-corrected chi connectivity index (χ1v) is 7.82. The average Bonchev–Trinajstić information content (AvgIpc) is 2.41. The lowest BCUT2D eigenvalue weighted by Crippen LogP contribution is -2.15. The molecule has 0 radical (unpaired) electrons. The molecule has 0 aliphatic rings. The number of benzene rings is 1. The van der Waals surface area contributed by atoms with Crippen LogP contribution in [0.1, 0.15) is 5.56 Å². The molecule has 5 nitrogen and oxygen atoms in total. The smallest absolute Gasteiger partial charge is 0.264 e. The highest BCUT2D eigenvalue weighted by molar-refractivity contribution is 9.10. The first kappa shape index (κ1) is 14.9. The molecule has 1 heterocycles. The maximum atomic E-state index is 13.7. The number of pyridine rings is 1. The van der Waals surface area contributed by atoms with Crippen molar-refractivity contribution in [2.75, 3.05) is 4.72 Å². The van der Waals surface area contributed by atoms with Gasteiger partial charge in [-0.15, -0.1) is 0 Å². The second-order valence-corrected chi connectivity index (χ2v) is 6.44. The molecule has 2 rings (SSSR count). The molecule has 20 heavy (non-hydrogen) atoms. The van der Waals surface area contributed by atoms with Crippen LogP contribution < -0.4 is 10.5 Å². The van der Waals surface area contributed by atoms with Crippen LogP contribution in [-0.2, 0) is 16.6 Å². The number of nitrogens with one attached hydrogen (secondary N) is 1. The highest BCUT2D eigenvalue weighted by Crippen LogP contribution is 2.25. The number of aromatic nitrogens is 1. The topological polar surface area (TPSA) is 85.1 Å². The highest BCUT2D eigenvalue weighted by atomic mass is 79.9. The number of nitrogens with zero attached hydrogens (tertiary/aromatic N) is 1. The molecular formula is C12H11BrFN3O2S. The van der Waals surface area contributed by atoms with E-state index in [1.807, 2.05) is 0 Å². The Kier molecular flexibility index (Phi) is 4.36. The number of anilines is 1. The van der Waals surface area contributed by atoms with Gasteiger partial charge in [-0.1, -0.05) is 6.07 Å². The summed E-state index contributed by atoms with van der Waals surface area (Å²) in [4.78, 5) is 3.38. The van der Waals surface area contributed by atoms with Crippen LogP contribution >= 0.6 is 15.9 Å². The Bertz CT molecular complexity index is 737. The molecule has 0 spiro atoms. The molecule has 0 unspecified atom stereocenters. The van der Waals surface area contributed by atoms with Crippen LogP contribution in [0.5, 0.6) is 0 Å². The van der Waals surface area contributed by atoms with Crippen molar-refractivity contribution in [3.05, 3.63) is 52.5 Å². The number of nitrogens with two attached hydrogens (primary N) is 1. The first-order valence-electron chi connectivity index (χ1n) is 5.55. The van der Waals surface area contributed by atoms with Crippen molar-refractivity contribution in [1.29, 1.82) is 0 Å². The van der Waals surface area contributed by atoms with Gasteiger partial charge in [0.05, 0.1) is 10.2 Å². The number of sulfonamides is 1. The lowest BCUT2D eigenvalue weighted by Gasteiger charge is -2.11. The van der Waals surface area contributed by atoms with E-state index < -0.39 is 20.7 Å². The van der Waals surface area contributed by atoms with Gasteiger partial charge in [-0.05, 0) is 39.7 Å². The summed E-state index contributed by atoms with van der Waals surface area (Å²) in [6.07, 6.45) is 2.86. The maximum absolute atomic E-state index is 13.7. The molecule has 106 valence electrons. The van der Waals surface area contributed by atoms with Gasteiger partial charge in [0.25, 0.3) is 10.0 Å². The Morgan fingerprint density at radius 3 is 2.75 bits per heavy atom. The molecule has 0 aliphatic heterocycles. The summed E-state index contributed by atoms with van der Waals surface area (Å²) in [5.41, 5.74) is 6.24. The van der Waals surface area contributed by atoms with E-state index in [1.165, 1.54) is 30.6 Å². The number of hydrogen-bond donors (Lipinski definition) is 2. The second kappa shape index (κ2) is 5.86. The molecule has 0 atom stereocenters. The molecule has 8 heteroatoms. The summed E-state index contributed by atoms with van der Waals surface area (Å²) >= 11 is 3.16. The minimum atomic E-state index is -4.04. The van der Waals surface area contributed by atoms with Gasteiger partial charge in [-0.3, -0.25) is 9.71 Å². The van der Waals surface area contributed by atoms with Crippen LogP contribution in [0.3, 0.4) is 0 Å². The monoisotopic (exact) mass is 359 g/mol. The molecule has 3 N–H and O–H groups in total. The van der Waals surface area contributed by atoms with E-state index in [9.17, 15) is 12.8 Å².